The summed E-state index contributed by atoms with van der Waals surface area (Å²) in [5.74, 6) is 6.73. The van der Waals surface area contributed by atoms with Gasteiger partial charge >= 0.3 is 0 Å². The van der Waals surface area contributed by atoms with E-state index in [1.54, 1.807) is 0 Å². The number of hydrogen-bond acceptors (Lipinski definition) is 5. The summed E-state index contributed by atoms with van der Waals surface area (Å²) in [6.07, 6.45) is 0. The Balaban J connectivity index is 1.65. The monoisotopic (exact) mass is 311 g/mol. The number of hydrogen-bond donors (Lipinski definition) is 1. The van der Waals surface area contributed by atoms with Gasteiger partial charge in [-0.3, -0.25) is 0 Å². The Bertz CT molecular complexity index is 447. The Labute approximate surface area is 129 Å². The summed E-state index contributed by atoms with van der Waals surface area (Å²) in [6.45, 7) is 3.52. The fourth-order valence-electron chi connectivity index (χ4n) is 2.49. The summed E-state index contributed by atoms with van der Waals surface area (Å²) in [5.41, 5.74) is 1.27. The average molecular weight is 311 g/mol. The maximum atomic E-state index is 5.66. The van der Waals surface area contributed by atoms with Gasteiger partial charge in [0.15, 0.2) is 11.5 Å². The number of benzene rings is 1. The van der Waals surface area contributed by atoms with Crippen LogP contribution < -0.4 is 14.8 Å². The second kappa shape index (κ2) is 6.96. The van der Waals surface area contributed by atoms with Crippen LogP contribution in [0.4, 0.5) is 0 Å². The molecule has 1 aromatic rings. The van der Waals surface area contributed by atoms with Crippen LogP contribution in [0.15, 0.2) is 18.2 Å². The van der Waals surface area contributed by atoms with Gasteiger partial charge in [-0.25, -0.2) is 0 Å². The number of ether oxygens (including phenoxy) is 2. The molecule has 0 aliphatic carbocycles. The molecule has 3 rings (SSSR count). The highest BCUT2D eigenvalue weighted by Gasteiger charge is 2.18. The van der Waals surface area contributed by atoms with Crippen LogP contribution in [0.5, 0.6) is 11.5 Å². The first kappa shape index (κ1) is 14.4. The first-order chi connectivity index (χ1) is 9.83. The molecule has 0 radical (unpaired) electrons. The highest BCUT2D eigenvalue weighted by molar-refractivity contribution is 8.03. The van der Waals surface area contributed by atoms with Crippen LogP contribution in [0.2, 0.25) is 0 Å². The molecule has 1 fully saturated rings. The van der Waals surface area contributed by atoms with E-state index in [2.05, 4.69) is 47.9 Å². The molecule has 0 aromatic heterocycles. The van der Waals surface area contributed by atoms with Crippen molar-refractivity contribution in [3.63, 3.8) is 0 Å². The van der Waals surface area contributed by atoms with E-state index >= 15 is 0 Å². The van der Waals surface area contributed by atoms with Gasteiger partial charge in [-0.1, -0.05) is 6.07 Å². The molecule has 0 amide bonds. The lowest BCUT2D eigenvalue weighted by atomic mass is 10.1. The van der Waals surface area contributed by atoms with E-state index in [0.29, 0.717) is 25.3 Å². The molecule has 1 atom stereocenters. The molecule has 0 saturated carbocycles. The molecule has 1 N–H and O–H groups in total. The van der Waals surface area contributed by atoms with Gasteiger partial charge in [0.1, 0.15) is 13.2 Å². The molecule has 5 heteroatoms. The topological polar surface area (TPSA) is 30.5 Å². The van der Waals surface area contributed by atoms with Gasteiger partial charge < -0.3 is 14.8 Å². The summed E-state index contributed by atoms with van der Waals surface area (Å²) in [4.78, 5) is 0. The van der Waals surface area contributed by atoms with Gasteiger partial charge in [0.2, 0.25) is 0 Å². The fourth-order valence-corrected chi connectivity index (χ4v) is 4.91. The van der Waals surface area contributed by atoms with E-state index in [9.17, 15) is 0 Å². The van der Waals surface area contributed by atoms with E-state index in [1.807, 2.05) is 6.07 Å². The highest BCUT2D eigenvalue weighted by Crippen LogP contribution is 2.32. The molecule has 1 aromatic carbocycles. The quantitative estimate of drug-likeness (QED) is 0.927. The molecule has 0 bridgehead atoms. The summed E-state index contributed by atoms with van der Waals surface area (Å²) in [6, 6.07) is 7.22. The molecule has 1 unspecified atom stereocenters. The molecule has 2 heterocycles. The summed E-state index contributed by atoms with van der Waals surface area (Å²) >= 11 is 4.11. The minimum Gasteiger partial charge on any atom is -0.486 e. The van der Waals surface area contributed by atoms with Gasteiger partial charge in [0.05, 0.1) is 0 Å². The Morgan fingerprint density at radius 1 is 1.10 bits per heavy atom. The largest absolute Gasteiger partial charge is 0.486 e. The maximum Gasteiger partial charge on any atom is 0.161 e. The predicted molar refractivity (Wildman–Crippen MR) is 87.4 cm³/mol. The second-order valence-corrected chi connectivity index (χ2v) is 7.44. The zero-order valence-corrected chi connectivity index (χ0v) is 13.4. The van der Waals surface area contributed by atoms with Crippen molar-refractivity contribution >= 4 is 23.5 Å². The number of rotatable bonds is 3. The molecule has 0 spiro atoms. The van der Waals surface area contributed by atoms with E-state index in [1.165, 1.54) is 28.6 Å². The van der Waals surface area contributed by atoms with E-state index in [-0.39, 0.29) is 0 Å². The van der Waals surface area contributed by atoms with Crippen molar-refractivity contribution in [2.45, 2.75) is 19.0 Å². The van der Waals surface area contributed by atoms with E-state index < -0.39 is 0 Å². The van der Waals surface area contributed by atoms with Crippen molar-refractivity contribution in [3.8, 4) is 11.5 Å². The van der Waals surface area contributed by atoms with Crippen LogP contribution in [0.3, 0.4) is 0 Å². The molecule has 110 valence electrons. The predicted octanol–water partition coefficient (Wildman–Crippen LogP) is 2.96. The Morgan fingerprint density at radius 3 is 2.55 bits per heavy atom. The smallest absolute Gasteiger partial charge is 0.161 e. The molecule has 20 heavy (non-hydrogen) atoms. The molecular formula is C15H21NO2S2. The zero-order chi connectivity index (χ0) is 13.8. The minimum atomic E-state index is 0.343. The lowest BCUT2D eigenvalue weighted by Gasteiger charge is -2.24. The van der Waals surface area contributed by atoms with Crippen molar-refractivity contribution in [2.24, 2.45) is 0 Å². The number of nitrogens with one attached hydrogen (secondary N) is 1. The van der Waals surface area contributed by atoms with Crippen LogP contribution in [-0.4, -0.2) is 42.3 Å². The maximum absolute atomic E-state index is 5.66. The van der Waals surface area contributed by atoms with Crippen LogP contribution in [0.1, 0.15) is 18.5 Å². The normalized spacial score (nSPS) is 21.2. The minimum absolute atomic E-state index is 0.343. The number of thioether (sulfide) groups is 2. The Morgan fingerprint density at radius 2 is 1.80 bits per heavy atom. The van der Waals surface area contributed by atoms with Gasteiger partial charge in [0, 0.05) is 35.1 Å². The zero-order valence-electron chi connectivity index (χ0n) is 11.8. The first-order valence-corrected chi connectivity index (χ1v) is 9.45. The lowest BCUT2D eigenvalue weighted by Crippen LogP contribution is -2.35. The Kier molecular flexibility index (Phi) is 5.02. The van der Waals surface area contributed by atoms with Gasteiger partial charge in [-0.2, -0.15) is 23.5 Å². The van der Waals surface area contributed by atoms with E-state index in [0.717, 1.165) is 11.5 Å². The van der Waals surface area contributed by atoms with Gasteiger partial charge in [0.25, 0.3) is 0 Å². The SMILES string of the molecule is CC(NC1CSCCSC1)c1ccc2c(c1)OCCO2. The first-order valence-electron chi connectivity index (χ1n) is 7.14. The van der Waals surface area contributed by atoms with Crippen molar-refractivity contribution < 1.29 is 9.47 Å². The average Bonchev–Trinajstić information content (AvgIpc) is 2.75. The van der Waals surface area contributed by atoms with Gasteiger partial charge in [-0.05, 0) is 24.6 Å². The van der Waals surface area contributed by atoms with Crippen molar-refractivity contribution in [1.29, 1.82) is 0 Å². The highest BCUT2D eigenvalue weighted by atomic mass is 32.2. The lowest BCUT2D eigenvalue weighted by molar-refractivity contribution is 0.171. The van der Waals surface area contributed by atoms with Crippen LogP contribution in [-0.2, 0) is 0 Å². The molecule has 2 aliphatic rings. The second-order valence-electron chi connectivity index (χ2n) is 5.14. The molecule has 2 aliphatic heterocycles. The van der Waals surface area contributed by atoms with Crippen LogP contribution >= 0.6 is 23.5 Å². The van der Waals surface area contributed by atoms with Crippen molar-refractivity contribution in [3.05, 3.63) is 23.8 Å². The summed E-state index contributed by atoms with van der Waals surface area (Å²) in [7, 11) is 0. The Hall–Kier alpha value is -0.520. The van der Waals surface area contributed by atoms with E-state index in [4.69, 9.17) is 9.47 Å². The molecular weight excluding hydrogens is 290 g/mol. The van der Waals surface area contributed by atoms with Crippen LogP contribution in [0.25, 0.3) is 0 Å². The summed E-state index contributed by atoms with van der Waals surface area (Å²) < 4.78 is 11.2. The third-order valence-corrected chi connectivity index (χ3v) is 6.08. The number of fused-ring (bicyclic) bond motifs is 1. The third kappa shape index (κ3) is 3.57. The summed E-state index contributed by atoms with van der Waals surface area (Å²) in [5, 5.41) is 3.74. The molecule has 3 nitrogen and oxygen atoms in total. The third-order valence-electron chi connectivity index (χ3n) is 3.56. The fraction of sp³-hybridized carbons (Fsp3) is 0.600. The van der Waals surface area contributed by atoms with Crippen molar-refractivity contribution in [2.75, 3.05) is 36.2 Å². The standard InChI is InChI=1S/C15H21NO2S2/c1-11(16-13-9-19-6-7-20-10-13)12-2-3-14-15(8-12)18-5-4-17-14/h2-3,8,11,13,16H,4-7,9-10H2,1H3. The molecule has 1 saturated heterocycles. The van der Waals surface area contributed by atoms with Crippen LogP contribution in [0, 0.1) is 0 Å². The van der Waals surface area contributed by atoms with Gasteiger partial charge in [-0.15, -0.1) is 0 Å². The van der Waals surface area contributed by atoms with Crippen molar-refractivity contribution in [1.82, 2.24) is 5.32 Å².